The molecule has 0 radical (unpaired) electrons. The molecule has 0 spiro atoms. The number of carbonyl (C=O) groups excluding carboxylic acids is 1. The predicted molar refractivity (Wildman–Crippen MR) is 73.6 cm³/mol. The molecule has 0 saturated carbocycles. The van der Waals surface area contributed by atoms with Gasteiger partial charge in [-0.25, -0.2) is 9.68 Å². The van der Waals surface area contributed by atoms with E-state index in [1.165, 1.54) is 0 Å². The van der Waals surface area contributed by atoms with Gasteiger partial charge < -0.3 is 0 Å². The van der Waals surface area contributed by atoms with E-state index in [0.717, 1.165) is 0 Å². The van der Waals surface area contributed by atoms with Crippen molar-refractivity contribution in [2.24, 2.45) is 0 Å². The SMILES string of the molecule is C=C(C(=O)OOc1ccccc1Cl)c1ccccc1. The maximum Gasteiger partial charge on any atom is 0.386 e. The molecule has 0 fully saturated rings. The third kappa shape index (κ3) is 3.36. The second kappa shape index (κ2) is 6.07. The highest BCUT2D eigenvalue weighted by Crippen LogP contribution is 2.24. The van der Waals surface area contributed by atoms with E-state index in [1.54, 1.807) is 36.4 Å². The molecule has 0 aliphatic carbocycles. The first-order valence-electron chi connectivity index (χ1n) is 5.56. The topological polar surface area (TPSA) is 35.5 Å². The fourth-order valence-corrected chi connectivity index (χ4v) is 1.57. The van der Waals surface area contributed by atoms with Gasteiger partial charge in [-0.15, -0.1) is 0 Å². The Hall–Kier alpha value is -2.26. The van der Waals surface area contributed by atoms with E-state index in [2.05, 4.69) is 6.58 Å². The number of rotatable bonds is 4. The zero-order valence-electron chi connectivity index (χ0n) is 10.0. The van der Waals surface area contributed by atoms with Gasteiger partial charge in [0.15, 0.2) is 5.75 Å². The molecular weight excluding hydrogens is 264 g/mol. The molecule has 2 aromatic rings. The zero-order chi connectivity index (χ0) is 13.7. The van der Waals surface area contributed by atoms with E-state index in [9.17, 15) is 4.79 Å². The number of halogens is 1. The van der Waals surface area contributed by atoms with Crippen LogP contribution in [0.2, 0.25) is 5.02 Å². The van der Waals surface area contributed by atoms with Crippen molar-refractivity contribution in [3.8, 4) is 5.75 Å². The highest BCUT2D eigenvalue weighted by Gasteiger charge is 2.13. The normalized spacial score (nSPS) is 9.74. The van der Waals surface area contributed by atoms with Crippen molar-refractivity contribution in [2.45, 2.75) is 0 Å². The molecule has 0 aliphatic heterocycles. The molecule has 2 rings (SSSR count). The van der Waals surface area contributed by atoms with Gasteiger partial charge in [0.25, 0.3) is 0 Å². The summed E-state index contributed by atoms with van der Waals surface area (Å²) >= 11 is 5.87. The van der Waals surface area contributed by atoms with Gasteiger partial charge in [0.1, 0.15) is 0 Å². The van der Waals surface area contributed by atoms with Crippen molar-refractivity contribution in [2.75, 3.05) is 0 Å². The van der Waals surface area contributed by atoms with Gasteiger partial charge in [-0.05, 0) is 17.7 Å². The molecule has 0 saturated heterocycles. The minimum absolute atomic E-state index is 0.215. The molecule has 0 heterocycles. The Balaban J connectivity index is 1.99. The van der Waals surface area contributed by atoms with Crippen LogP contribution in [0.3, 0.4) is 0 Å². The third-order valence-corrected chi connectivity index (χ3v) is 2.72. The van der Waals surface area contributed by atoms with Gasteiger partial charge in [0.05, 0.1) is 10.6 Å². The molecule has 4 heteroatoms. The summed E-state index contributed by atoms with van der Waals surface area (Å²) in [5.74, 6) is -0.385. The minimum atomic E-state index is -0.661. The first-order chi connectivity index (χ1) is 9.18. The van der Waals surface area contributed by atoms with E-state index in [1.807, 2.05) is 18.2 Å². The Morgan fingerprint density at radius 1 is 1.00 bits per heavy atom. The lowest BCUT2D eigenvalue weighted by Gasteiger charge is -2.07. The lowest BCUT2D eigenvalue weighted by molar-refractivity contribution is -0.205. The standard InChI is InChI=1S/C15H11ClO3/c1-11(12-7-3-2-4-8-12)15(17)19-18-14-10-6-5-9-13(14)16/h2-10H,1H2. The lowest BCUT2D eigenvalue weighted by Crippen LogP contribution is -2.09. The summed E-state index contributed by atoms with van der Waals surface area (Å²) in [4.78, 5) is 21.3. The summed E-state index contributed by atoms with van der Waals surface area (Å²) in [5.41, 5.74) is 0.892. The minimum Gasteiger partial charge on any atom is -0.285 e. The van der Waals surface area contributed by atoms with E-state index in [4.69, 9.17) is 21.4 Å². The van der Waals surface area contributed by atoms with Crippen molar-refractivity contribution in [3.63, 3.8) is 0 Å². The summed E-state index contributed by atoms with van der Waals surface area (Å²) in [7, 11) is 0. The van der Waals surface area contributed by atoms with Crippen molar-refractivity contribution in [3.05, 3.63) is 71.8 Å². The number of hydrogen-bond donors (Lipinski definition) is 0. The van der Waals surface area contributed by atoms with Crippen LogP contribution in [0.25, 0.3) is 5.57 Å². The molecule has 0 aromatic heterocycles. The Bertz CT molecular complexity index is 593. The van der Waals surface area contributed by atoms with E-state index in [-0.39, 0.29) is 11.3 Å². The monoisotopic (exact) mass is 274 g/mol. The van der Waals surface area contributed by atoms with E-state index in [0.29, 0.717) is 10.6 Å². The second-order valence-electron chi connectivity index (χ2n) is 3.73. The van der Waals surface area contributed by atoms with Gasteiger partial charge in [0, 0.05) is 0 Å². The van der Waals surface area contributed by atoms with Crippen LogP contribution in [0.5, 0.6) is 5.75 Å². The van der Waals surface area contributed by atoms with Gasteiger partial charge in [-0.3, -0.25) is 4.89 Å². The highest BCUT2D eigenvalue weighted by molar-refractivity contribution is 6.32. The quantitative estimate of drug-likeness (QED) is 0.482. The summed E-state index contributed by atoms with van der Waals surface area (Å²) in [6, 6.07) is 15.7. The van der Waals surface area contributed by atoms with E-state index >= 15 is 0 Å². The summed E-state index contributed by atoms with van der Waals surface area (Å²) in [5, 5.41) is 0.362. The van der Waals surface area contributed by atoms with Crippen LogP contribution >= 0.6 is 11.6 Å². The highest BCUT2D eigenvalue weighted by atomic mass is 35.5. The van der Waals surface area contributed by atoms with Crippen LogP contribution in [-0.2, 0) is 9.68 Å². The fraction of sp³-hybridized carbons (Fsp3) is 0. The largest absolute Gasteiger partial charge is 0.386 e. The van der Waals surface area contributed by atoms with Gasteiger partial charge in [-0.2, -0.15) is 0 Å². The summed E-state index contributed by atoms with van der Waals surface area (Å²) < 4.78 is 0. The average molecular weight is 275 g/mol. The fourth-order valence-electron chi connectivity index (χ4n) is 1.40. The molecular formula is C15H11ClO3. The number of benzene rings is 2. The smallest absolute Gasteiger partial charge is 0.285 e. The second-order valence-corrected chi connectivity index (χ2v) is 4.14. The zero-order valence-corrected chi connectivity index (χ0v) is 10.8. The van der Waals surface area contributed by atoms with Gasteiger partial charge in [-0.1, -0.05) is 60.6 Å². The number of hydrogen-bond acceptors (Lipinski definition) is 3. The first-order valence-corrected chi connectivity index (χ1v) is 5.94. The molecule has 0 N–H and O–H groups in total. The first kappa shape index (κ1) is 13.2. The lowest BCUT2D eigenvalue weighted by atomic mass is 10.1. The predicted octanol–water partition coefficient (Wildman–Crippen LogP) is 3.89. The Labute approximate surface area is 116 Å². The van der Waals surface area contributed by atoms with Crippen LogP contribution in [0.15, 0.2) is 61.2 Å². The molecule has 0 amide bonds. The maximum absolute atomic E-state index is 11.7. The van der Waals surface area contributed by atoms with E-state index < -0.39 is 5.97 Å². The maximum atomic E-state index is 11.7. The Morgan fingerprint density at radius 3 is 2.32 bits per heavy atom. The Morgan fingerprint density at radius 2 is 1.63 bits per heavy atom. The number of para-hydroxylation sites is 1. The average Bonchev–Trinajstić information content (AvgIpc) is 2.46. The van der Waals surface area contributed by atoms with Crippen LogP contribution in [0.4, 0.5) is 0 Å². The molecule has 19 heavy (non-hydrogen) atoms. The molecule has 0 aliphatic rings. The van der Waals surface area contributed by atoms with Gasteiger partial charge in [0.2, 0.25) is 0 Å². The molecule has 96 valence electrons. The summed E-state index contributed by atoms with van der Waals surface area (Å²) in [6.45, 7) is 3.67. The van der Waals surface area contributed by atoms with Crippen LogP contribution in [0.1, 0.15) is 5.56 Å². The van der Waals surface area contributed by atoms with Gasteiger partial charge >= 0.3 is 5.97 Å². The van der Waals surface area contributed by atoms with Crippen molar-refractivity contribution >= 4 is 23.1 Å². The molecule has 0 bridgehead atoms. The third-order valence-electron chi connectivity index (χ3n) is 2.41. The molecule has 0 atom stereocenters. The van der Waals surface area contributed by atoms with Crippen LogP contribution < -0.4 is 4.89 Å². The molecule has 0 unspecified atom stereocenters. The van der Waals surface area contributed by atoms with Crippen molar-refractivity contribution in [1.29, 1.82) is 0 Å². The molecule has 3 nitrogen and oxygen atoms in total. The van der Waals surface area contributed by atoms with Crippen molar-refractivity contribution < 1.29 is 14.6 Å². The summed E-state index contributed by atoms with van der Waals surface area (Å²) in [6.07, 6.45) is 0. The van der Waals surface area contributed by atoms with Crippen LogP contribution in [-0.4, -0.2) is 5.97 Å². The van der Waals surface area contributed by atoms with Crippen molar-refractivity contribution in [1.82, 2.24) is 0 Å². The van der Waals surface area contributed by atoms with Crippen LogP contribution in [0, 0.1) is 0 Å². The Kier molecular flexibility index (Phi) is 4.21. The molecule has 2 aromatic carbocycles. The number of carbonyl (C=O) groups is 1.